The fraction of sp³-hybridized carbons (Fsp3) is 0. The first kappa shape index (κ1) is 18.1. The number of amides is 1. The molecule has 8 nitrogen and oxygen atoms in total. The third-order valence-corrected chi connectivity index (χ3v) is 3.86. The van der Waals surface area contributed by atoms with E-state index < -0.39 is 0 Å². The Balaban J connectivity index is 1.45. The maximum Gasteiger partial charge on any atom is 0.256 e. The van der Waals surface area contributed by atoms with Crippen molar-refractivity contribution in [2.75, 3.05) is 10.6 Å². The lowest BCUT2D eigenvalue weighted by molar-refractivity contribution is 0.102. The summed E-state index contributed by atoms with van der Waals surface area (Å²) >= 11 is 0. The molecule has 0 unspecified atom stereocenters. The standard InChI is InChI=1S/C21H16N6O2/c28-21(15-2-1-3-17(12-15)26-16-4-8-22-9-5-16)27-20-13-18(6-10-23-20)29-19-7-11-24-25-14-19/h1-14H,(H,22,26)(H,23,27,28). The SMILES string of the molecule is O=C(Nc1cc(Oc2ccnnc2)ccn1)c1cccc(Nc2ccncc2)c1. The highest BCUT2D eigenvalue weighted by Crippen LogP contribution is 2.22. The number of ether oxygens (including phenoxy) is 1. The number of aromatic nitrogens is 4. The van der Waals surface area contributed by atoms with E-state index >= 15 is 0 Å². The van der Waals surface area contributed by atoms with E-state index in [9.17, 15) is 4.79 Å². The molecule has 1 aromatic carbocycles. The second-order valence-corrected chi connectivity index (χ2v) is 5.95. The minimum Gasteiger partial charge on any atom is -0.455 e. The lowest BCUT2D eigenvalue weighted by Crippen LogP contribution is -2.13. The van der Waals surface area contributed by atoms with Crippen molar-refractivity contribution >= 4 is 23.1 Å². The Labute approximate surface area is 166 Å². The minimum absolute atomic E-state index is 0.279. The summed E-state index contributed by atoms with van der Waals surface area (Å²) in [4.78, 5) is 20.8. The molecular weight excluding hydrogens is 368 g/mol. The van der Waals surface area contributed by atoms with E-state index in [-0.39, 0.29) is 5.91 Å². The van der Waals surface area contributed by atoms with Gasteiger partial charge in [-0.25, -0.2) is 4.98 Å². The van der Waals surface area contributed by atoms with Crippen molar-refractivity contribution in [1.82, 2.24) is 20.2 Å². The molecule has 0 spiro atoms. The average Bonchev–Trinajstić information content (AvgIpc) is 2.76. The Hall–Kier alpha value is -4.33. The Kier molecular flexibility index (Phi) is 5.34. The molecule has 0 aliphatic rings. The summed E-state index contributed by atoms with van der Waals surface area (Å²) in [6.07, 6.45) is 7.98. The zero-order valence-electron chi connectivity index (χ0n) is 15.2. The Bertz CT molecular complexity index is 1110. The van der Waals surface area contributed by atoms with Crippen molar-refractivity contribution in [2.45, 2.75) is 0 Å². The summed E-state index contributed by atoms with van der Waals surface area (Å²) in [7, 11) is 0. The molecule has 0 saturated carbocycles. The molecule has 4 rings (SSSR count). The number of hydrogen-bond acceptors (Lipinski definition) is 7. The van der Waals surface area contributed by atoms with Crippen molar-refractivity contribution in [1.29, 1.82) is 0 Å². The highest BCUT2D eigenvalue weighted by molar-refractivity contribution is 6.04. The van der Waals surface area contributed by atoms with Gasteiger partial charge in [-0.1, -0.05) is 6.07 Å². The molecule has 0 fully saturated rings. The molecule has 3 aromatic heterocycles. The zero-order chi connectivity index (χ0) is 19.9. The van der Waals surface area contributed by atoms with Crippen LogP contribution in [-0.2, 0) is 0 Å². The average molecular weight is 384 g/mol. The van der Waals surface area contributed by atoms with Crippen LogP contribution in [0.3, 0.4) is 0 Å². The van der Waals surface area contributed by atoms with Crippen molar-refractivity contribution in [3.63, 3.8) is 0 Å². The predicted octanol–water partition coefficient (Wildman–Crippen LogP) is 4.05. The maximum atomic E-state index is 12.6. The summed E-state index contributed by atoms with van der Waals surface area (Å²) in [5.41, 5.74) is 2.17. The molecule has 0 bridgehead atoms. The van der Waals surface area contributed by atoms with Crippen molar-refractivity contribution in [3.8, 4) is 11.5 Å². The first-order valence-electron chi connectivity index (χ1n) is 8.75. The number of anilines is 3. The third kappa shape index (κ3) is 4.89. The fourth-order valence-corrected chi connectivity index (χ4v) is 2.55. The normalized spacial score (nSPS) is 10.2. The van der Waals surface area contributed by atoms with E-state index in [0.717, 1.165) is 11.4 Å². The van der Waals surface area contributed by atoms with Gasteiger partial charge >= 0.3 is 0 Å². The molecule has 4 aromatic rings. The molecule has 8 heteroatoms. The molecule has 29 heavy (non-hydrogen) atoms. The second kappa shape index (κ2) is 8.57. The molecule has 0 atom stereocenters. The Morgan fingerprint density at radius 2 is 1.69 bits per heavy atom. The molecular formula is C21H16N6O2. The predicted molar refractivity (Wildman–Crippen MR) is 108 cm³/mol. The van der Waals surface area contributed by atoms with Gasteiger partial charge < -0.3 is 15.4 Å². The summed E-state index contributed by atoms with van der Waals surface area (Å²) in [5.74, 6) is 1.16. The molecule has 3 heterocycles. The van der Waals surface area contributed by atoms with E-state index in [0.29, 0.717) is 22.9 Å². The van der Waals surface area contributed by atoms with Gasteiger partial charge in [0.05, 0.1) is 12.4 Å². The highest BCUT2D eigenvalue weighted by atomic mass is 16.5. The van der Waals surface area contributed by atoms with Gasteiger partial charge in [0, 0.05) is 47.7 Å². The van der Waals surface area contributed by atoms with Crippen LogP contribution in [0.4, 0.5) is 17.2 Å². The van der Waals surface area contributed by atoms with Crippen LogP contribution in [0.1, 0.15) is 10.4 Å². The van der Waals surface area contributed by atoms with Crippen LogP contribution < -0.4 is 15.4 Å². The highest BCUT2D eigenvalue weighted by Gasteiger charge is 2.09. The van der Waals surface area contributed by atoms with Gasteiger partial charge in [0.1, 0.15) is 17.3 Å². The first-order chi connectivity index (χ1) is 14.3. The van der Waals surface area contributed by atoms with Crippen LogP contribution in [0.2, 0.25) is 0 Å². The number of hydrogen-bond donors (Lipinski definition) is 2. The lowest BCUT2D eigenvalue weighted by atomic mass is 10.2. The van der Waals surface area contributed by atoms with Crippen molar-refractivity contribution in [2.24, 2.45) is 0 Å². The summed E-state index contributed by atoms with van der Waals surface area (Å²) < 4.78 is 5.68. The topological polar surface area (TPSA) is 102 Å². The van der Waals surface area contributed by atoms with Gasteiger partial charge in [0.15, 0.2) is 0 Å². The number of carbonyl (C=O) groups is 1. The lowest BCUT2D eigenvalue weighted by Gasteiger charge is -2.10. The van der Waals surface area contributed by atoms with Crippen LogP contribution in [-0.4, -0.2) is 26.1 Å². The number of nitrogens with zero attached hydrogens (tertiary/aromatic N) is 4. The quantitative estimate of drug-likeness (QED) is 0.517. The molecule has 2 N–H and O–H groups in total. The van der Waals surface area contributed by atoms with E-state index in [1.165, 1.54) is 12.4 Å². The summed E-state index contributed by atoms with van der Waals surface area (Å²) in [6, 6.07) is 15.9. The third-order valence-electron chi connectivity index (χ3n) is 3.86. The van der Waals surface area contributed by atoms with E-state index in [1.807, 2.05) is 24.3 Å². The van der Waals surface area contributed by atoms with Crippen LogP contribution in [0.25, 0.3) is 0 Å². The Morgan fingerprint density at radius 3 is 2.52 bits per heavy atom. The molecule has 0 aliphatic carbocycles. The fourth-order valence-electron chi connectivity index (χ4n) is 2.55. The minimum atomic E-state index is -0.279. The molecule has 0 aliphatic heterocycles. The zero-order valence-corrected chi connectivity index (χ0v) is 15.2. The second-order valence-electron chi connectivity index (χ2n) is 5.95. The van der Waals surface area contributed by atoms with Gasteiger partial charge in [-0.2, -0.15) is 10.2 Å². The first-order valence-corrected chi connectivity index (χ1v) is 8.75. The van der Waals surface area contributed by atoms with Crippen LogP contribution in [0, 0.1) is 0 Å². The number of pyridine rings is 2. The molecule has 142 valence electrons. The summed E-state index contributed by atoms with van der Waals surface area (Å²) in [5, 5.41) is 13.5. The monoisotopic (exact) mass is 384 g/mol. The van der Waals surface area contributed by atoms with E-state index in [2.05, 4.69) is 30.8 Å². The van der Waals surface area contributed by atoms with Crippen LogP contribution >= 0.6 is 0 Å². The van der Waals surface area contributed by atoms with Gasteiger partial charge in [0.25, 0.3) is 5.91 Å². The van der Waals surface area contributed by atoms with Gasteiger partial charge in [-0.05, 0) is 36.4 Å². The van der Waals surface area contributed by atoms with Crippen molar-refractivity contribution < 1.29 is 9.53 Å². The number of carbonyl (C=O) groups excluding carboxylic acids is 1. The molecule has 0 saturated heterocycles. The van der Waals surface area contributed by atoms with Gasteiger partial charge in [-0.3, -0.25) is 9.78 Å². The van der Waals surface area contributed by atoms with Gasteiger partial charge in [0.2, 0.25) is 0 Å². The van der Waals surface area contributed by atoms with E-state index in [4.69, 9.17) is 4.74 Å². The number of nitrogens with one attached hydrogen (secondary N) is 2. The van der Waals surface area contributed by atoms with E-state index in [1.54, 1.807) is 48.9 Å². The Morgan fingerprint density at radius 1 is 0.828 bits per heavy atom. The molecule has 0 radical (unpaired) electrons. The smallest absolute Gasteiger partial charge is 0.256 e. The van der Waals surface area contributed by atoms with Crippen LogP contribution in [0.5, 0.6) is 11.5 Å². The summed E-state index contributed by atoms with van der Waals surface area (Å²) in [6.45, 7) is 0. The number of benzene rings is 1. The van der Waals surface area contributed by atoms with Crippen molar-refractivity contribution in [3.05, 3.63) is 91.1 Å². The van der Waals surface area contributed by atoms with Crippen LogP contribution in [0.15, 0.2) is 85.6 Å². The molecule has 1 amide bonds. The largest absolute Gasteiger partial charge is 0.455 e. The number of rotatable bonds is 6. The van der Waals surface area contributed by atoms with Gasteiger partial charge in [-0.15, -0.1) is 0 Å². The maximum absolute atomic E-state index is 12.6.